The zero-order chi connectivity index (χ0) is 19.2. The highest BCUT2D eigenvalue weighted by atomic mass is 16.6. The average Bonchev–Trinajstić information content (AvgIpc) is 2.69. The molecule has 0 bridgehead atoms. The molecule has 2 N–H and O–H groups in total. The molecule has 10 heteroatoms. The van der Waals surface area contributed by atoms with E-state index in [1.807, 2.05) is 0 Å². The first-order valence-electron chi connectivity index (χ1n) is 8.56. The quantitative estimate of drug-likeness (QED) is 0.581. The van der Waals surface area contributed by atoms with E-state index in [4.69, 9.17) is 4.74 Å². The van der Waals surface area contributed by atoms with E-state index in [1.165, 1.54) is 7.11 Å². The largest absolute Gasteiger partial charge is 0.480 e. The molecule has 0 saturated heterocycles. The number of nitrogens with one attached hydrogen (secondary N) is 2. The van der Waals surface area contributed by atoms with Crippen LogP contribution in [-0.2, 0) is 0 Å². The summed E-state index contributed by atoms with van der Waals surface area (Å²) in [5.41, 5.74) is 0.299. The maximum Gasteiger partial charge on any atom is 0.329 e. The second kappa shape index (κ2) is 8.27. The van der Waals surface area contributed by atoms with E-state index in [1.54, 1.807) is 18.3 Å². The monoisotopic (exact) mass is 369 g/mol. The van der Waals surface area contributed by atoms with E-state index in [-0.39, 0.29) is 29.4 Å². The van der Waals surface area contributed by atoms with Gasteiger partial charge in [-0.1, -0.05) is 12.8 Å². The van der Waals surface area contributed by atoms with Gasteiger partial charge in [-0.05, 0) is 25.0 Å². The fourth-order valence-electron chi connectivity index (χ4n) is 3.08. The number of aromatic nitrogens is 3. The molecule has 3 rings (SSSR count). The molecular formula is C17H19N7O3. The van der Waals surface area contributed by atoms with Crippen molar-refractivity contribution >= 4 is 23.1 Å². The van der Waals surface area contributed by atoms with Gasteiger partial charge in [-0.3, -0.25) is 10.1 Å². The Morgan fingerprint density at radius 3 is 2.93 bits per heavy atom. The second-order valence-electron chi connectivity index (χ2n) is 6.14. The average molecular weight is 369 g/mol. The number of pyridine rings is 1. The summed E-state index contributed by atoms with van der Waals surface area (Å²) in [6, 6.07) is 5.54. The zero-order valence-electron chi connectivity index (χ0n) is 14.8. The molecule has 2 heterocycles. The van der Waals surface area contributed by atoms with Crippen molar-refractivity contribution in [3.8, 4) is 11.9 Å². The predicted molar refractivity (Wildman–Crippen MR) is 97.7 cm³/mol. The van der Waals surface area contributed by atoms with E-state index in [0.717, 1.165) is 31.9 Å². The fraction of sp³-hybridized carbons (Fsp3) is 0.412. The third-order valence-corrected chi connectivity index (χ3v) is 4.43. The van der Waals surface area contributed by atoms with Crippen LogP contribution in [0.15, 0.2) is 24.5 Å². The van der Waals surface area contributed by atoms with Crippen LogP contribution < -0.4 is 15.4 Å². The summed E-state index contributed by atoms with van der Waals surface area (Å²) in [5.74, 6) is 0.403. The van der Waals surface area contributed by atoms with Crippen LogP contribution in [0, 0.1) is 27.4 Å². The van der Waals surface area contributed by atoms with E-state index < -0.39 is 4.92 Å². The van der Waals surface area contributed by atoms with Crippen LogP contribution in [0.2, 0.25) is 0 Å². The summed E-state index contributed by atoms with van der Waals surface area (Å²) < 4.78 is 5.17. The van der Waals surface area contributed by atoms with Crippen molar-refractivity contribution in [1.82, 2.24) is 15.0 Å². The number of methoxy groups -OCH3 is 1. The second-order valence-corrected chi connectivity index (χ2v) is 6.14. The highest BCUT2D eigenvalue weighted by Crippen LogP contribution is 2.31. The van der Waals surface area contributed by atoms with Gasteiger partial charge >= 0.3 is 5.69 Å². The Morgan fingerprint density at radius 1 is 1.37 bits per heavy atom. The minimum absolute atomic E-state index is 0.0903. The van der Waals surface area contributed by atoms with Crippen molar-refractivity contribution in [2.75, 3.05) is 17.7 Å². The lowest BCUT2D eigenvalue weighted by atomic mass is 9.85. The van der Waals surface area contributed by atoms with Gasteiger partial charge in [0.25, 0.3) is 0 Å². The SMILES string of the molecule is COc1ncccc1Nc1ncc([N+](=O)[O-])c(NC2CCCCC2C#N)n1. The van der Waals surface area contributed by atoms with Gasteiger partial charge in [-0.25, -0.2) is 9.97 Å². The summed E-state index contributed by atoms with van der Waals surface area (Å²) in [7, 11) is 1.49. The Hall–Kier alpha value is -3.48. The van der Waals surface area contributed by atoms with Crippen molar-refractivity contribution in [2.24, 2.45) is 5.92 Å². The molecule has 10 nitrogen and oxygen atoms in total. The number of nitriles is 1. The maximum atomic E-state index is 11.4. The van der Waals surface area contributed by atoms with Gasteiger partial charge in [-0.2, -0.15) is 10.2 Å². The normalized spacial score (nSPS) is 19.0. The Labute approximate surface area is 155 Å². The topological polar surface area (TPSA) is 139 Å². The molecule has 1 fully saturated rings. The predicted octanol–water partition coefficient (Wildman–Crippen LogP) is 3.03. The van der Waals surface area contributed by atoms with Crippen LogP contribution in [0.1, 0.15) is 25.7 Å². The summed E-state index contributed by atoms with van der Waals surface area (Å²) in [6.45, 7) is 0. The van der Waals surface area contributed by atoms with Gasteiger partial charge in [0.05, 0.1) is 24.0 Å². The number of nitro groups is 1. The molecule has 1 aliphatic carbocycles. The third kappa shape index (κ3) is 4.20. The molecule has 2 unspecified atom stereocenters. The number of rotatable bonds is 6. The van der Waals surface area contributed by atoms with Gasteiger partial charge in [0.1, 0.15) is 11.9 Å². The standard InChI is InChI=1S/C17H19N7O3/c1-27-16-13(7-4-8-19-16)22-17-20-10-14(24(25)26)15(23-17)21-12-6-3-2-5-11(12)9-18/h4,7-8,10-12H,2-3,5-6H2,1H3,(H2,20,21,22,23). The summed E-state index contributed by atoms with van der Waals surface area (Å²) in [6.07, 6.45) is 6.20. The number of nitrogens with zero attached hydrogens (tertiary/aromatic N) is 5. The lowest BCUT2D eigenvalue weighted by Crippen LogP contribution is -2.32. The van der Waals surface area contributed by atoms with Crippen molar-refractivity contribution < 1.29 is 9.66 Å². The van der Waals surface area contributed by atoms with Gasteiger partial charge in [0.2, 0.25) is 17.6 Å². The first kappa shape index (κ1) is 18.3. The van der Waals surface area contributed by atoms with E-state index in [0.29, 0.717) is 11.6 Å². The van der Waals surface area contributed by atoms with E-state index in [2.05, 4.69) is 31.7 Å². The first-order valence-corrected chi connectivity index (χ1v) is 8.56. The van der Waals surface area contributed by atoms with Crippen LogP contribution in [0.4, 0.5) is 23.1 Å². The summed E-state index contributed by atoms with van der Waals surface area (Å²) in [4.78, 5) is 23.2. The van der Waals surface area contributed by atoms with Crippen LogP contribution in [-0.4, -0.2) is 33.0 Å². The minimum atomic E-state index is -0.541. The molecule has 0 amide bonds. The van der Waals surface area contributed by atoms with Crippen LogP contribution >= 0.6 is 0 Å². The molecule has 2 atom stereocenters. The molecule has 0 aliphatic heterocycles. The third-order valence-electron chi connectivity index (χ3n) is 4.43. The molecule has 140 valence electrons. The molecule has 0 aromatic carbocycles. The lowest BCUT2D eigenvalue weighted by Gasteiger charge is -2.27. The van der Waals surface area contributed by atoms with Gasteiger partial charge < -0.3 is 15.4 Å². The molecule has 0 spiro atoms. The van der Waals surface area contributed by atoms with Crippen molar-refractivity contribution in [2.45, 2.75) is 31.7 Å². The molecule has 1 saturated carbocycles. The molecule has 1 aliphatic rings. The molecular weight excluding hydrogens is 350 g/mol. The Kier molecular flexibility index (Phi) is 5.61. The highest BCUT2D eigenvalue weighted by molar-refractivity contribution is 5.63. The Morgan fingerprint density at radius 2 is 2.19 bits per heavy atom. The molecule has 0 radical (unpaired) electrons. The van der Waals surface area contributed by atoms with E-state index >= 15 is 0 Å². The van der Waals surface area contributed by atoms with Crippen molar-refractivity contribution in [3.63, 3.8) is 0 Å². The van der Waals surface area contributed by atoms with Crippen LogP contribution in [0.3, 0.4) is 0 Å². The molecule has 27 heavy (non-hydrogen) atoms. The fourth-order valence-corrected chi connectivity index (χ4v) is 3.08. The van der Waals surface area contributed by atoms with Gasteiger partial charge in [0.15, 0.2) is 0 Å². The van der Waals surface area contributed by atoms with Crippen LogP contribution in [0.5, 0.6) is 5.88 Å². The zero-order valence-corrected chi connectivity index (χ0v) is 14.8. The number of ether oxygens (including phenoxy) is 1. The minimum Gasteiger partial charge on any atom is -0.480 e. The van der Waals surface area contributed by atoms with Crippen molar-refractivity contribution in [3.05, 3.63) is 34.6 Å². The first-order chi connectivity index (χ1) is 13.1. The molecule has 2 aromatic rings. The van der Waals surface area contributed by atoms with Crippen molar-refractivity contribution in [1.29, 1.82) is 5.26 Å². The van der Waals surface area contributed by atoms with Gasteiger partial charge in [-0.15, -0.1) is 0 Å². The number of hydrogen-bond acceptors (Lipinski definition) is 9. The Balaban J connectivity index is 1.88. The molecule has 2 aromatic heterocycles. The Bertz CT molecular complexity index is 868. The smallest absolute Gasteiger partial charge is 0.329 e. The lowest BCUT2D eigenvalue weighted by molar-refractivity contribution is -0.384. The van der Waals surface area contributed by atoms with Crippen LogP contribution in [0.25, 0.3) is 0 Å². The summed E-state index contributed by atoms with van der Waals surface area (Å²) in [5, 5.41) is 26.7. The highest BCUT2D eigenvalue weighted by Gasteiger charge is 2.28. The van der Waals surface area contributed by atoms with E-state index in [9.17, 15) is 15.4 Å². The number of anilines is 3. The summed E-state index contributed by atoms with van der Waals surface area (Å²) >= 11 is 0. The number of hydrogen-bond donors (Lipinski definition) is 2. The van der Waals surface area contributed by atoms with Gasteiger partial charge in [0, 0.05) is 12.2 Å². The maximum absolute atomic E-state index is 11.4.